The first kappa shape index (κ1) is 12.5. The predicted octanol–water partition coefficient (Wildman–Crippen LogP) is 1.18. The van der Waals surface area contributed by atoms with Gasteiger partial charge in [-0.25, -0.2) is 4.79 Å². The van der Waals surface area contributed by atoms with Crippen molar-refractivity contribution < 1.29 is 14.7 Å². The highest BCUT2D eigenvalue weighted by molar-refractivity contribution is 5.96. The summed E-state index contributed by atoms with van der Waals surface area (Å²) in [5.74, 6) is -1.77. The number of carboxylic acids is 1. The molecule has 1 atom stereocenters. The summed E-state index contributed by atoms with van der Waals surface area (Å²) < 4.78 is 0. The molecule has 0 aliphatic rings. The summed E-state index contributed by atoms with van der Waals surface area (Å²) in [5.41, 5.74) is 8.45. The van der Waals surface area contributed by atoms with Crippen LogP contribution in [0.2, 0.25) is 0 Å². The molecule has 1 amide bonds. The number of benzene rings is 1. The Hall–Kier alpha value is -2.53. The van der Waals surface area contributed by atoms with Crippen LogP contribution in [0.3, 0.4) is 0 Å². The summed E-state index contributed by atoms with van der Waals surface area (Å²) in [5, 5.41) is 14.2. The molecule has 0 aromatic heterocycles. The number of carboxylic acid groups (broad SMARTS) is 1. The minimum atomic E-state index is -1.25. The summed E-state index contributed by atoms with van der Waals surface area (Å²) in [7, 11) is 0. The van der Waals surface area contributed by atoms with E-state index in [0.717, 1.165) is 0 Å². The molecule has 7 heteroatoms. The lowest BCUT2D eigenvalue weighted by molar-refractivity contribution is -0.138. The van der Waals surface area contributed by atoms with E-state index < -0.39 is 17.9 Å². The third-order valence-electron chi connectivity index (χ3n) is 1.97. The van der Waals surface area contributed by atoms with Crippen molar-refractivity contribution in [2.45, 2.75) is 6.04 Å². The molecule has 1 aromatic carbocycles. The van der Waals surface area contributed by atoms with Crippen molar-refractivity contribution in [3.8, 4) is 0 Å². The summed E-state index contributed by atoms with van der Waals surface area (Å²) in [6.45, 7) is -0.329. The van der Waals surface area contributed by atoms with Gasteiger partial charge in [-0.3, -0.25) is 4.79 Å². The first-order valence-corrected chi connectivity index (χ1v) is 4.74. The second kappa shape index (κ2) is 6.14. The lowest BCUT2D eigenvalue weighted by atomic mass is 10.2. The number of amides is 1. The van der Waals surface area contributed by atoms with Crippen LogP contribution < -0.4 is 5.32 Å². The molecule has 7 nitrogen and oxygen atoms in total. The van der Waals surface area contributed by atoms with E-state index in [2.05, 4.69) is 15.3 Å². The molecule has 0 spiro atoms. The van der Waals surface area contributed by atoms with E-state index in [0.29, 0.717) is 5.56 Å². The van der Waals surface area contributed by atoms with Crippen LogP contribution in [-0.4, -0.2) is 29.6 Å². The average molecular weight is 234 g/mol. The van der Waals surface area contributed by atoms with Gasteiger partial charge in [-0.15, -0.1) is 0 Å². The van der Waals surface area contributed by atoms with Crippen LogP contribution in [0, 0.1) is 0 Å². The molecule has 0 radical (unpaired) electrons. The molecule has 1 aromatic rings. The molecule has 0 saturated heterocycles. The zero-order valence-electron chi connectivity index (χ0n) is 8.78. The normalized spacial score (nSPS) is 11.1. The Labute approximate surface area is 96.7 Å². The standard InChI is InChI=1S/C10H10N4O3/c11-14-12-6-8(10(16)17)13-9(15)7-4-2-1-3-5-7/h1-5,8H,6H2,(H,13,15)(H,16,17). The SMILES string of the molecule is [N-]=[N+]=NCC(NC(=O)c1ccccc1)C(=O)O. The van der Waals surface area contributed by atoms with Crippen LogP contribution in [-0.2, 0) is 4.79 Å². The van der Waals surface area contributed by atoms with Gasteiger partial charge < -0.3 is 10.4 Å². The second-order valence-electron chi connectivity index (χ2n) is 3.14. The van der Waals surface area contributed by atoms with Crippen molar-refractivity contribution in [2.24, 2.45) is 5.11 Å². The highest BCUT2D eigenvalue weighted by atomic mass is 16.4. The molecule has 0 aliphatic heterocycles. The number of nitrogens with one attached hydrogen (secondary N) is 1. The van der Waals surface area contributed by atoms with Gasteiger partial charge in [0.15, 0.2) is 0 Å². The third-order valence-corrected chi connectivity index (χ3v) is 1.97. The highest BCUT2D eigenvalue weighted by Crippen LogP contribution is 1.99. The average Bonchev–Trinajstić information content (AvgIpc) is 2.35. The van der Waals surface area contributed by atoms with Gasteiger partial charge in [-0.05, 0) is 17.7 Å². The van der Waals surface area contributed by atoms with Gasteiger partial charge in [0.1, 0.15) is 6.04 Å². The van der Waals surface area contributed by atoms with Crippen molar-refractivity contribution in [2.75, 3.05) is 6.54 Å². The van der Waals surface area contributed by atoms with Crippen molar-refractivity contribution >= 4 is 11.9 Å². The van der Waals surface area contributed by atoms with Gasteiger partial charge in [0.2, 0.25) is 0 Å². The summed E-state index contributed by atoms with van der Waals surface area (Å²) in [4.78, 5) is 24.8. The van der Waals surface area contributed by atoms with Gasteiger partial charge in [-0.2, -0.15) is 0 Å². The summed E-state index contributed by atoms with van der Waals surface area (Å²) >= 11 is 0. The number of aliphatic carboxylic acids is 1. The van der Waals surface area contributed by atoms with Crippen LogP contribution in [0.1, 0.15) is 10.4 Å². The number of hydrogen-bond acceptors (Lipinski definition) is 3. The maximum atomic E-state index is 11.6. The highest BCUT2D eigenvalue weighted by Gasteiger charge is 2.19. The minimum absolute atomic E-state index is 0.329. The van der Waals surface area contributed by atoms with E-state index in [4.69, 9.17) is 10.6 Å². The van der Waals surface area contributed by atoms with E-state index in [1.807, 2.05) is 0 Å². The minimum Gasteiger partial charge on any atom is -0.480 e. The molecule has 2 N–H and O–H groups in total. The van der Waals surface area contributed by atoms with Gasteiger partial charge in [0, 0.05) is 10.5 Å². The van der Waals surface area contributed by atoms with Gasteiger partial charge >= 0.3 is 5.97 Å². The fourth-order valence-corrected chi connectivity index (χ4v) is 1.13. The second-order valence-corrected chi connectivity index (χ2v) is 3.14. The van der Waals surface area contributed by atoms with Crippen molar-refractivity contribution in [1.82, 2.24) is 5.32 Å². The number of nitrogens with zero attached hydrogens (tertiary/aromatic N) is 3. The van der Waals surface area contributed by atoms with Gasteiger partial charge in [-0.1, -0.05) is 23.3 Å². The summed E-state index contributed by atoms with van der Waals surface area (Å²) in [6, 6.07) is 6.96. The van der Waals surface area contributed by atoms with Gasteiger partial charge in [0.25, 0.3) is 5.91 Å². The van der Waals surface area contributed by atoms with Crippen molar-refractivity contribution in [1.29, 1.82) is 0 Å². The maximum absolute atomic E-state index is 11.6. The number of rotatable bonds is 5. The number of carbonyl (C=O) groups is 2. The Bertz CT molecular complexity index is 454. The van der Waals surface area contributed by atoms with Crippen LogP contribution in [0.4, 0.5) is 0 Å². The van der Waals surface area contributed by atoms with E-state index in [9.17, 15) is 9.59 Å². The molecule has 0 bridgehead atoms. The quantitative estimate of drug-likeness (QED) is 0.452. The van der Waals surface area contributed by atoms with Crippen molar-refractivity contribution in [3.05, 3.63) is 46.3 Å². The summed E-state index contributed by atoms with van der Waals surface area (Å²) in [6.07, 6.45) is 0. The third kappa shape index (κ3) is 3.84. The Kier molecular flexibility index (Phi) is 4.53. The Morgan fingerprint density at radius 3 is 2.59 bits per heavy atom. The lowest BCUT2D eigenvalue weighted by Crippen LogP contribution is -2.42. The molecular weight excluding hydrogens is 224 g/mol. The van der Waals surface area contributed by atoms with Gasteiger partial charge in [0.05, 0.1) is 6.54 Å². The topological polar surface area (TPSA) is 115 Å². The van der Waals surface area contributed by atoms with Crippen LogP contribution >= 0.6 is 0 Å². The van der Waals surface area contributed by atoms with E-state index in [1.165, 1.54) is 0 Å². The molecule has 1 unspecified atom stereocenters. The first-order chi connectivity index (χ1) is 8.15. The Balaban J connectivity index is 2.71. The van der Waals surface area contributed by atoms with Crippen LogP contribution in [0.5, 0.6) is 0 Å². The van der Waals surface area contributed by atoms with E-state index >= 15 is 0 Å². The predicted molar refractivity (Wildman–Crippen MR) is 59.3 cm³/mol. The van der Waals surface area contributed by atoms with Crippen molar-refractivity contribution in [3.63, 3.8) is 0 Å². The lowest BCUT2D eigenvalue weighted by Gasteiger charge is -2.11. The first-order valence-electron chi connectivity index (χ1n) is 4.74. The molecule has 0 fully saturated rings. The molecule has 17 heavy (non-hydrogen) atoms. The number of hydrogen-bond donors (Lipinski definition) is 2. The molecule has 0 aliphatic carbocycles. The van der Waals surface area contributed by atoms with Crippen LogP contribution in [0.15, 0.2) is 35.4 Å². The zero-order chi connectivity index (χ0) is 12.7. The smallest absolute Gasteiger partial charge is 0.326 e. The number of azide groups is 1. The monoisotopic (exact) mass is 234 g/mol. The molecule has 88 valence electrons. The maximum Gasteiger partial charge on any atom is 0.326 e. The zero-order valence-corrected chi connectivity index (χ0v) is 8.78. The molecular formula is C10H10N4O3. The van der Waals surface area contributed by atoms with Crippen LogP contribution in [0.25, 0.3) is 10.4 Å². The van der Waals surface area contributed by atoms with E-state index in [-0.39, 0.29) is 6.54 Å². The largest absolute Gasteiger partial charge is 0.480 e. The Morgan fingerprint density at radius 1 is 1.41 bits per heavy atom. The Morgan fingerprint density at radius 2 is 2.06 bits per heavy atom. The fourth-order valence-electron chi connectivity index (χ4n) is 1.13. The van der Waals surface area contributed by atoms with E-state index in [1.54, 1.807) is 30.3 Å². The fraction of sp³-hybridized carbons (Fsp3) is 0.200. The number of carbonyl (C=O) groups excluding carboxylic acids is 1. The molecule has 0 heterocycles. The molecule has 0 saturated carbocycles. The molecule has 1 rings (SSSR count).